The van der Waals surface area contributed by atoms with Gasteiger partial charge in [0.15, 0.2) is 17.3 Å². The first-order chi connectivity index (χ1) is 14.1. The number of hydrogen-bond acceptors (Lipinski definition) is 7. The van der Waals surface area contributed by atoms with Gasteiger partial charge in [0.1, 0.15) is 11.5 Å². The number of aromatic amines is 1. The minimum atomic E-state index is 0.349. The number of hydrogen-bond donors (Lipinski definition) is 1. The lowest BCUT2D eigenvalue weighted by atomic mass is 10.2. The van der Waals surface area contributed by atoms with Gasteiger partial charge in [-0.2, -0.15) is 14.9 Å². The third kappa shape index (κ3) is 4.24. The molecule has 1 N–H and O–H groups in total. The molecular formula is C20H22N4O4S. The maximum absolute atomic E-state index is 5.71. The van der Waals surface area contributed by atoms with Gasteiger partial charge in [0.25, 0.3) is 0 Å². The number of rotatable bonds is 8. The highest BCUT2D eigenvalue weighted by molar-refractivity contribution is 7.71. The molecule has 1 heterocycles. The van der Waals surface area contributed by atoms with E-state index in [2.05, 4.69) is 15.3 Å². The van der Waals surface area contributed by atoms with Crippen LogP contribution in [0.2, 0.25) is 0 Å². The van der Waals surface area contributed by atoms with Crippen molar-refractivity contribution >= 4 is 18.4 Å². The number of nitrogens with zero attached hydrogens (tertiary/aromatic N) is 3. The average Bonchev–Trinajstić information content (AvgIpc) is 3.12. The third-order valence-electron chi connectivity index (χ3n) is 4.13. The lowest BCUT2D eigenvalue weighted by Gasteiger charge is -2.12. The standard InChI is InChI=1S/C20H22N4O4S/c1-5-28-15-9-7-6-8-14(15)19-22-23-20(29)24(19)21-12-13-10-17(26-3)18(27-4)11-16(13)25-2/h6-12H,5H2,1-4H3,(H,23,29)/b21-12-. The van der Waals surface area contributed by atoms with Gasteiger partial charge >= 0.3 is 0 Å². The number of nitrogens with one attached hydrogen (secondary N) is 1. The van der Waals surface area contributed by atoms with Crippen LogP contribution in [-0.2, 0) is 0 Å². The van der Waals surface area contributed by atoms with E-state index in [1.165, 1.54) is 4.68 Å². The molecular weight excluding hydrogens is 392 g/mol. The maximum atomic E-state index is 5.71. The lowest BCUT2D eigenvalue weighted by molar-refractivity contribution is 0.341. The molecule has 0 atom stereocenters. The van der Waals surface area contributed by atoms with Crippen LogP contribution in [0.4, 0.5) is 0 Å². The van der Waals surface area contributed by atoms with E-state index in [4.69, 9.17) is 31.2 Å². The number of para-hydroxylation sites is 1. The van der Waals surface area contributed by atoms with Gasteiger partial charge < -0.3 is 18.9 Å². The zero-order valence-electron chi connectivity index (χ0n) is 16.6. The molecule has 0 amide bonds. The van der Waals surface area contributed by atoms with E-state index in [0.29, 0.717) is 45.8 Å². The van der Waals surface area contributed by atoms with Crippen molar-refractivity contribution in [2.75, 3.05) is 27.9 Å². The molecule has 0 aliphatic carbocycles. The van der Waals surface area contributed by atoms with Crippen molar-refractivity contribution in [2.24, 2.45) is 5.10 Å². The number of methoxy groups -OCH3 is 3. The molecule has 0 aliphatic rings. The van der Waals surface area contributed by atoms with E-state index < -0.39 is 0 Å². The fourth-order valence-corrected chi connectivity index (χ4v) is 2.96. The smallest absolute Gasteiger partial charge is 0.216 e. The molecule has 0 aliphatic heterocycles. The summed E-state index contributed by atoms with van der Waals surface area (Å²) in [5.74, 6) is 2.94. The first-order valence-corrected chi connectivity index (χ1v) is 9.27. The summed E-state index contributed by atoms with van der Waals surface area (Å²) in [5, 5.41) is 11.6. The van der Waals surface area contributed by atoms with Crippen molar-refractivity contribution < 1.29 is 18.9 Å². The first kappa shape index (κ1) is 20.4. The molecule has 152 valence electrons. The Hall–Kier alpha value is -3.33. The van der Waals surface area contributed by atoms with E-state index in [1.54, 1.807) is 39.7 Å². The number of ether oxygens (including phenoxy) is 4. The first-order valence-electron chi connectivity index (χ1n) is 8.86. The van der Waals surface area contributed by atoms with Gasteiger partial charge in [-0.1, -0.05) is 12.1 Å². The predicted octanol–water partition coefficient (Wildman–Crippen LogP) is 3.91. The fraction of sp³-hybridized carbons (Fsp3) is 0.250. The molecule has 0 bridgehead atoms. The molecule has 0 saturated heterocycles. The van der Waals surface area contributed by atoms with Crippen LogP contribution in [0.1, 0.15) is 12.5 Å². The average molecular weight is 414 g/mol. The van der Waals surface area contributed by atoms with Crippen molar-refractivity contribution in [1.29, 1.82) is 0 Å². The van der Waals surface area contributed by atoms with Crippen molar-refractivity contribution in [3.05, 3.63) is 46.7 Å². The predicted molar refractivity (Wildman–Crippen MR) is 113 cm³/mol. The Morgan fingerprint density at radius 2 is 1.72 bits per heavy atom. The number of aromatic nitrogens is 3. The van der Waals surface area contributed by atoms with E-state index in [9.17, 15) is 0 Å². The van der Waals surface area contributed by atoms with Crippen molar-refractivity contribution in [2.45, 2.75) is 6.92 Å². The second-order valence-electron chi connectivity index (χ2n) is 5.79. The Labute approximate surface area is 173 Å². The van der Waals surface area contributed by atoms with Crippen LogP contribution in [0.3, 0.4) is 0 Å². The lowest BCUT2D eigenvalue weighted by Crippen LogP contribution is -2.00. The van der Waals surface area contributed by atoms with Gasteiger partial charge in [-0.25, -0.2) is 5.10 Å². The molecule has 0 saturated carbocycles. The Bertz CT molecular complexity index is 1070. The fourth-order valence-electron chi connectivity index (χ4n) is 2.78. The van der Waals surface area contributed by atoms with E-state index in [0.717, 1.165) is 5.56 Å². The van der Waals surface area contributed by atoms with Crippen LogP contribution in [0, 0.1) is 4.77 Å². The van der Waals surface area contributed by atoms with E-state index in [-0.39, 0.29) is 0 Å². The Morgan fingerprint density at radius 3 is 2.41 bits per heavy atom. The van der Waals surface area contributed by atoms with Gasteiger partial charge in [0.05, 0.1) is 39.7 Å². The van der Waals surface area contributed by atoms with Crippen LogP contribution in [0.5, 0.6) is 23.0 Å². The summed E-state index contributed by atoms with van der Waals surface area (Å²) < 4.78 is 23.7. The van der Waals surface area contributed by atoms with E-state index >= 15 is 0 Å². The highest BCUT2D eigenvalue weighted by Crippen LogP contribution is 2.34. The summed E-state index contributed by atoms with van der Waals surface area (Å²) in [6.07, 6.45) is 1.62. The molecule has 9 heteroatoms. The summed E-state index contributed by atoms with van der Waals surface area (Å²) >= 11 is 5.36. The highest BCUT2D eigenvalue weighted by atomic mass is 32.1. The molecule has 8 nitrogen and oxygen atoms in total. The molecule has 3 rings (SSSR count). The zero-order chi connectivity index (χ0) is 20.8. The molecule has 0 unspecified atom stereocenters. The van der Waals surface area contributed by atoms with Crippen molar-refractivity contribution in [3.63, 3.8) is 0 Å². The van der Waals surface area contributed by atoms with Crippen LogP contribution < -0.4 is 18.9 Å². The molecule has 3 aromatic rings. The molecule has 1 aromatic heterocycles. The van der Waals surface area contributed by atoms with Gasteiger partial charge in [0, 0.05) is 11.6 Å². The van der Waals surface area contributed by atoms with Crippen molar-refractivity contribution in [3.8, 4) is 34.4 Å². The summed E-state index contributed by atoms with van der Waals surface area (Å²) in [5.41, 5.74) is 1.47. The molecule has 0 fully saturated rings. The summed E-state index contributed by atoms with van der Waals surface area (Å²) in [4.78, 5) is 0. The zero-order valence-corrected chi connectivity index (χ0v) is 17.4. The molecule has 0 spiro atoms. The Morgan fingerprint density at radius 1 is 1.03 bits per heavy atom. The van der Waals surface area contributed by atoms with Crippen LogP contribution in [-0.4, -0.2) is 49.0 Å². The second kappa shape index (κ2) is 9.24. The quantitative estimate of drug-likeness (QED) is 0.444. The monoisotopic (exact) mass is 414 g/mol. The van der Waals surface area contributed by atoms with Crippen LogP contribution in [0.15, 0.2) is 41.5 Å². The van der Waals surface area contributed by atoms with Gasteiger partial charge in [0.2, 0.25) is 4.77 Å². The Kier molecular flexibility index (Phi) is 6.50. The van der Waals surface area contributed by atoms with Gasteiger partial charge in [-0.15, -0.1) is 0 Å². The van der Waals surface area contributed by atoms with Crippen LogP contribution in [0.25, 0.3) is 11.4 Å². The SMILES string of the molecule is CCOc1ccccc1-c1n[nH]c(=S)n1/N=C\c1cc(OC)c(OC)cc1OC. The van der Waals surface area contributed by atoms with E-state index in [1.807, 2.05) is 31.2 Å². The summed E-state index contributed by atoms with van der Waals surface area (Å²) in [6, 6.07) is 11.1. The Balaban J connectivity index is 2.06. The minimum Gasteiger partial charge on any atom is -0.496 e. The minimum absolute atomic E-state index is 0.349. The molecule has 29 heavy (non-hydrogen) atoms. The molecule has 0 radical (unpaired) electrons. The summed E-state index contributed by atoms with van der Waals surface area (Å²) in [7, 11) is 4.71. The normalized spacial score (nSPS) is 10.9. The topological polar surface area (TPSA) is 82.9 Å². The number of benzene rings is 2. The second-order valence-corrected chi connectivity index (χ2v) is 6.17. The largest absolute Gasteiger partial charge is 0.496 e. The van der Waals surface area contributed by atoms with Crippen LogP contribution >= 0.6 is 12.2 Å². The highest BCUT2D eigenvalue weighted by Gasteiger charge is 2.14. The molecule has 2 aromatic carbocycles. The summed E-state index contributed by atoms with van der Waals surface area (Å²) in [6.45, 7) is 2.46. The van der Waals surface area contributed by atoms with Gasteiger partial charge in [-0.05, 0) is 37.3 Å². The maximum Gasteiger partial charge on any atom is 0.216 e. The number of H-pyrrole nitrogens is 1. The van der Waals surface area contributed by atoms with Gasteiger partial charge in [-0.3, -0.25) is 0 Å². The van der Waals surface area contributed by atoms with Crippen molar-refractivity contribution in [1.82, 2.24) is 14.9 Å². The third-order valence-corrected chi connectivity index (χ3v) is 4.39.